The summed E-state index contributed by atoms with van der Waals surface area (Å²) >= 11 is 0. The molecular weight excluding hydrogens is 260 g/mol. The Labute approximate surface area is 124 Å². The van der Waals surface area contributed by atoms with E-state index in [4.69, 9.17) is 0 Å². The zero-order valence-electron chi connectivity index (χ0n) is 12.5. The van der Waals surface area contributed by atoms with Gasteiger partial charge in [-0.3, -0.25) is 4.98 Å². The summed E-state index contributed by atoms with van der Waals surface area (Å²) in [5.41, 5.74) is 5.34. The Hall–Kier alpha value is -2.49. The van der Waals surface area contributed by atoms with Crippen molar-refractivity contribution in [3.8, 4) is 16.9 Å². The van der Waals surface area contributed by atoms with Gasteiger partial charge in [-0.05, 0) is 42.2 Å². The second-order valence-electron chi connectivity index (χ2n) is 5.49. The molecule has 0 fully saturated rings. The molecule has 0 aliphatic heterocycles. The number of aryl methyl sites for hydroxylation is 1. The van der Waals surface area contributed by atoms with Crippen LogP contribution in [0.1, 0.15) is 30.9 Å². The Morgan fingerprint density at radius 3 is 2.48 bits per heavy atom. The first kappa shape index (κ1) is 13.5. The van der Waals surface area contributed by atoms with E-state index >= 15 is 0 Å². The van der Waals surface area contributed by atoms with E-state index in [9.17, 15) is 0 Å². The highest BCUT2D eigenvalue weighted by Gasteiger charge is 2.08. The molecule has 3 rings (SSSR count). The minimum atomic E-state index is 0.531. The van der Waals surface area contributed by atoms with E-state index in [1.165, 1.54) is 5.56 Å². The van der Waals surface area contributed by atoms with E-state index in [-0.39, 0.29) is 0 Å². The fourth-order valence-corrected chi connectivity index (χ4v) is 2.26. The van der Waals surface area contributed by atoms with Gasteiger partial charge in [-0.15, -0.1) is 5.10 Å². The van der Waals surface area contributed by atoms with Crippen molar-refractivity contribution in [3.63, 3.8) is 0 Å². The van der Waals surface area contributed by atoms with Gasteiger partial charge in [0.05, 0.1) is 11.9 Å². The standard InChI is InChI=1S/C17H18N4/c1-12(2)14-4-6-15(7-5-14)21-11-17(19-20-21)16-10-18-9-8-13(16)3/h4-12H,1-3H3. The maximum atomic E-state index is 4.25. The lowest BCUT2D eigenvalue weighted by Gasteiger charge is -2.06. The van der Waals surface area contributed by atoms with Crippen molar-refractivity contribution >= 4 is 0 Å². The summed E-state index contributed by atoms with van der Waals surface area (Å²) in [5.74, 6) is 0.531. The third kappa shape index (κ3) is 2.70. The summed E-state index contributed by atoms with van der Waals surface area (Å²) in [6.07, 6.45) is 5.55. The predicted octanol–water partition coefficient (Wildman–Crippen LogP) is 3.76. The molecule has 0 aliphatic rings. The van der Waals surface area contributed by atoms with Gasteiger partial charge >= 0.3 is 0 Å². The fourth-order valence-electron chi connectivity index (χ4n) is 2.26. The van der Waals surface area contributed by atoms with Crippen LogP contribution in [-0.2, 0) is 0 Å². The number of pyridine rings is 1. The van der Waals surface area contributed by atoms with E-state index in [0.29, 0.717) is 5.92 Å². The first-order valence-corrected chi connectivity index (χ1v) is 7.09. The number of hydrogen-bond acceptors (Lipinski definition) is 3. The smallest absolute Gasteiger partial charge is 0.115 e. The molecular formula is C17H18N4. The first-order valence-electron chi connectivity index (χ1n) is 7.09. The number of rotatable bonds is 3. The molecule has 0 amide bonds. The van der Waals surface area contributed by atoms with E-state index in [2.05, 4.69) is 53.4 Å². The van der Waals surface area contributed by atoms with Gasteiger partial charge in [0.25, 0.3) is 0 Å². The summed E-state index contributed by atoms with van der Waals surface area (Å²) in [5, 5.41) is 8.47. The van der Waals surface area contributed by atoms with Crippen LogP contribution in [0.15, 0.2) is 48.9 Å². The Kier molecular flexibility index (Phi) is 3.52. The maximum Gasteiger partial charge on any atom is 0.115 e. The Bertz CT molecular complexity index is 741. The molecule has 0 saturated carbocycles. The normalized spacial score (nSPS) is 11.0. The van der Waals surface area contributed by atoms with Crippen LogP contribution in [-0.4, -0.2) is 20.0 Å². The van der Waals surface area contributed by atoms with Crippen molar-refractivity contribution < 1.29 is 0 Å². The van der Waals surface area contributed by atoms with E-state index in [1.807, 2.05) is 25.4 Å². The minimum absolute atomic E-state index is 0.531. The third-order valence-electron chi connectivity index (χ3n) is 3.63. The largest absolute Gasteiger partial charge is 0.264 e. The molecule has 0 bridgehead atoms. The second-order valence-corrected chi connectivity index (χ2v) is 5.49. The quantitative estimate of drug-likeness (QED) is 0.732. The Morgan fingerprint density at radius 1 is 1.05 bits per heavy atom. The second kappa shape index (κ2) is 5.48. The third-order valence-corrected chi connectivity index (χ3v) is 3.63. The highest BCUT2D eigenvalue weighted by atomic mass is 15.4. The van der Waals surface area contributed by atoms with Gasteiger partial charge in [0.15, 0.2) is 0 Å². The van der Waals surface area contributed by atoms with Crippen molar-refractivity contribution in [1.29, 1.82) is 0 Å². The van der Waals surface area contributed by atoms with Crippen molar-refractivity contribution in [2.45, 2.75) is 26.7 Å². The van der Waals surface area contributed by atoms with E-state index in [1.54, 1.807) is 10.9 Å². The molecule has 4 nitrogen and oxygen atoms in total. The van der Waals surface area contributed by atoms with Gasteiger partial charge in [0.1, 0.15) is 5.69 Å². The van der Waals surface area contributed by atoms with Gasteiger partial charge in [-0.25, -0.2) is 4.68 Å². The average Bonchev–Trinajstić information content (AvgIpc) is 2.97. The predicted molar refractivity (Wildman–Crippen MR) is 83.4 cm³/mol. The van der Waals surface area contributed by atoms with Gasteiger partial charge < -0.3 is 0 Å². The molecule has 21 heavy (non-hydrogen) atoms. The number of aromatic nitrogens is 4. The fraction of sp³-hybridized carbons (Fsp3) is 0.235. The van der Waals surface area contributed by atoms with Crippen molar-refractivity contribution in [2.24, 2.45) is 0 Å². The van der Waals surface area contributed by atoms with Crippen LogP contribution in [0.5, 0.6) is 0 Å². The molecule has 0 unspecified atom stereocenters. The van der Waals surface area contributed by atoms with Crippen LogP contribution < -0.4 is 0 Å². The molecule has 1 aromatic carbocycles. The average molecular weight is 278 g/mol. The molecule has 2 aromatic heterocycles. The Morgan fingerprint density at radius 2 is 1.81 bits per heavy atom. The first-order chi connectivity index (χ1) is 10.1. The molecule has 0 spiro atoms. The van der Waals surface area contributed by atoms with Crippen molar-refractivity contribution in [3.05, 3.63) is 60.0 Å². The lowest BCUT2D eigenvalue weighted by Crippen LogP contribution is -1.95. The monoisotopic (exact) mass is 278 g/mol. The highest BCUT2D eigenvalue weighted by molar-refractivity contribution is 5.61. The summed E-state index contributed by atoms with van der Waals surface area (Å²) in [7, 11) is 0. The topological polar surface area (TPSA) is 43.6 Å². The van der Waals surface area contributed by atoms with Crippen LogP contribution in [0.2, 0.25) is 0 Å². The van der Waals surface area contributed by atoms with E-state index < -0.39 is 0 Å². The zero-order valence-corrected chi connectivity index (χ0v) is 12.5. The molecule has 0 saturated heterocycles. The molecule has 4 heteroatoms. The summed E-state index contributed by atoms with van der Waals surface area (Å²) in [6, 6.07) is 10.4. The van der Waals surface area contributed by atoms with E-state index in [0.717, 1.165) is 22.5 Å². The molecule has 2 heterocycles. The number of hydrogen-bond donors (Lipinski definition) is 0. The van der Waals surface area contributed by atoms with Crippen LogP contribution >= 0.6 is 0 Å². The van der Waals surface area contributed by atoms with Crippen LogP contribution in [0, 0.1) is 6.92 Å². The number of nitrogens with zero attached hydrogens (tertiary/aromatic N) is 4. The molecule has 0 radical (unpaired) electrons. The van der Waals surface area contributed by atoms with Gasteiger partial charge in [0, 0.05) is 18.0 Å². The van der Waals surface area contributed by atoms with Crippen LogP contribution in [0.3, 0.4) is 0 Å². The molecule has 106 valence electrons. The summed E-state index contributed by atoms with van der Waals surface area (Å²) in [4.78, 5) is 4.16. The van der Waals surface area contributed by atoms with Crippen LogP contribution in [0.25, 0.3) is 16.9 Å². The molecule has 3 aromatic rings. The van der Waals surface area contributed by atoms with Gasteiger partial charge in [0.2, 0.25) is 0 Å². The Balaban J connectivity index is 1.93. The molecule has 0 N–H and O–H groups in total. The van der Waals surface area contributed by atoms with Crippen LogP contribution in [0.4, 0.5) is 0 Å². The molecule has 0 aliphatic carbocycles. The lowest BCUT2D eigenvalue weighted by molar-refractivity contribution is 0.800. The lowest BCUT2D eigenvalue weighted by atomic mass is 10.0. The molecule has 0 atom stereocenters. The maximum absolute atomic E-state index is 4.25. The van der Waals surface area contributed by atoms with Crippen molar-refractivity contribution in [2.75, 3.05) is 0 Å². The van der Waals surface area contributed by atoms with Gasteiger partial charge in [-0.2, -0.15) is 0 Å². The van der Waals surface area contributed by atoms with Gasteiger partial charge in [-0.1, -0.05) is 31.2 Å². The number of benzene rings is 1. The zero-order chi connectivity index (χ0) is 14.8. The van der Waals surface area contributed by atoms with Crippen molar-refractivity contribution in [1.82, 2.24) is 20.0 Å². The minimum Gasteiger partial charge on any atom is -0.264 e. The summed E-state index contributed by atoms with van der Waals surface area (Å²) < 4.78 is 1.80. The highest BCUT2D eigenvalue weighted by Crippen LogP contribution is 2.21. The summed E-state index contributed by atoms with van der Waals surface area (Å²) in [6.45, 7) is 6.43. The SMILES string of the molecule is Cc1ccncc1-c1cn(-c2ccc(C(C)C)cc2)nn1.